The van der Waals surface area contributed by atoms with Gasteiger partial charge in [0, 0.05) is 18.6 Å². The van der Waals surface area contributed by atoms with E-state index in [1.54, 1.807) is 30.7 Å². The average molecular weight is 306 g/mol. The zero-order valence-electron chi connectivity index (χ0n) is 9.80. The topological polar surface area (TPSA) is 54.9 Å². The van der Waals surface area contributed by atoms with Crippen molar-refractivity contribution in [2.75, 3.05) is 0 Å². The van der Waals surface area contributed by atoms with Crippen molar-refractivity contribution in [3.05, 3.63) is 58.6 Å². The number of amides is 1. The highest BCUT2D eigenvalue weighted by Crippen LogP contribution is 2.15. The fourth-order valence-electron chi connectivity index (χ4n) is 1.55. The third-order valence-electron chi connectivity index (χ3n) is 2.54. The quantitative estimate of drug-likeness (QED) is 0.887. The highest BCUT2D eigenvalue weighted by atomic mass is 79.9. The Bertz CT molecular complexity index is 545. The zero-order chi connectivity index (χ0) is 13.0. The summed E-state index contributed by atoms with van der Waals surface area (Å²) in [5.41, 5.74) is 1.49. The molecule has 18 heavy (non-hydrogen) atoms. The summed E-state index contributed by atoms with van der Waals surface area (Å²) in [6.07, 6.45) is 5.07. The standard InChI is InChI=1S/C13H12BrN3O/c1-9(10-4-2-6-15-8-10)17-13(18)11-5-3-7-16-12(11)14/h2-9H,1H3,(H,17,18). The SMILES string of the molecule is CC(NC(=O)c1cccnc1Br)c1cccnc1. The average Bonchev–Trinajstić information content (AvgIpc) is 2.40. The number of carbonyl (C=O) groups excluding carboxylic acids is 1. The van der Waals surface area contributed by atoms with E-state index in [0.29, 0.717) is 10.2 Å². The van der Waals surface area contributed by atoms with E-state index in [1.807, 2.05) is 19.1 Å². The number of carbonyl (C=O) groups is 1. The second kappa shape index (κ2) is 5.73. The molecule has 0 aromatic carbocycles. The fraction of sp³-hybridized carbons (Fsp3) is 0.154. The third-order valence-corrected chi connectivity index (χ3v) is 3.17. The lowest BCUT2D eigenvalue weighted by Crippen LogP contribution is -2.27. The highest BCUT2D eigenvalue weighted by Gasteiger charge is 2.14. The Kier molecular flexibility index (Phi) is 4.04. The van der Waals surface area contributed by atoms with Crippen LogP contribution < -0.4 is 5.32 Å². The Morgan fingerprint density at radius 3 is 2.78 bits per heavy atom. The summed E-state index contributed by atoms with van der Waals surface area (Å²) in [6.45, 7) is 1.92. The molecule has 1 atom stereocenters. The van der Waals surface area contributed by atoms with Crippen molar-refractivity contribution in [2.45, 2.75) is 13.0 Å². The molecule has 1 unspecified atom stereocenters. The first-order chi connectivity index (χ1) is 8.68. The first kappa shape index (κ1) is 12.7. The van der Waals surface area contributed by atoms with Gasteiger partial charge >= 0.3 is 0 Å². The molecule has 0 saturated carbocycles. The van der Waals surface area contributed by atoms with Crippen LogP contribution >= 0.6 is 15.9 Å². The second-order valence-electron chi connectivity index (χ2n) is 3.82. The van der Waals surface area contributed by atoms with Gasteiger partial charge in [0.1, 0.15) is 4.60 Å². The molecule has 0 saturated heterocycles. The van der Waals surface area contributed by atoms with Crippen LogP contribution in [-0.4, -0.2) is 15.9 Å². The Morgan fingerprint density at radius 1 is 1.33 bits per heavy atom. The Balaban J connectivity index is 2.11. The molecule has 0 bridgehead atoms. The van der Waals surface area contributed by atoms with E-state index in [2.05, 4.69) is 31.2 Å². The monoisotopic (exact) mass is 305 g/mol. The predicted octanol–water partition coefficient (Wildman–Crippen LogP) is 2.73. The molecule has 2 heterocycles. The van der Waals surface area contributed by atoms with E-state index in [4.69, 9.17) is 0 Å². The largest absolute Gasteiger partial charge is 0.345 e. The second-order valence-corrected chi connectivity index (χ2v) is 4.57. The minimum Gasteiger partial charge on any atom is -0.345 e. The van der Waals surface area contributed by atoms with Crippen molar-refractivity contribution < 1.29 is 4.79 Å². The molecule has 0 aliphatic carbocycles. The molecule has 1 N–H and O–H groups in total. The van der Waals surface area contributed by atoms with Crippen LogP contribution in [0.25, 0.3) is 0 Å². The van der Waals surface area contributed by atoms with E-state index < -0.39 is 0 Å². The zero-order valence-corrected chi connectivity index (χ0v) is 11.4. The smallest absolute Gasteiger partial charge is 0.254 e. The number of hydrogen-bond acceptors (Lipinski definition) is 3. The molecule has 1 amide bonds. The number of halogens is 1. The van der Waals surface area contributed by atoms with Crippen LogP contribution in [0, 0.1) is 0 Å². The molecule has 0 aliphatic rings. The molecule has 5 heteroatoms. The van der Waals surface area contributed by atoms with E-state index in [0.717, 1.165) is 5.56 Å². The van der Waals surface area contributed by atoms with Crippen molar-refractivity contribution in [3.63, 3.8) is 0 Å². The summed E-state index contributed by atoms with van der Waals surface area (Å²) in [4.78, 5) is 20.1. The molecule has 0 radical (unpaired) electrons. The summed E-state index contributed by atoms with van der Waals surface area (Å²) in [5.74, 6) is -0.161. The number of pyridine rings is 2. The lowest BCUT2D eigenvalue weighted by molar-refractivity contribution is 0.0938. The van der Waals surface area contributed by atoms with Gasteiger partial charge in [0.2, 0.25) is 0 Å². The van der Waals surface area contributed by atoms with Crippen LogP contribution in [0.5, 0.6) is 0 Å². The minimum atomic E-state index is -0.161. The summed E-state index contributed by atoms with van der Waals surface area (Å²) in [6, 6.07) is 7.13. The number of rotatable bonds is 3. The normalized spacial score (nSPS) is 11.9. The maximum Gasteiger partial charge on any atom is 0.254 e. The van der Waals surface area contributed by atoms with E-state index in [-0.39, 0.29) is 11.9 Å². The lowest BCUT2D eigenvalue weighted by atomic mass is 10.1. The van der Waals surface area contributed by atoms with Gasteiger partial charge in [-0.15, -0.1) is 0 Å². The van der Waals surface area contributed by atoms with Crippen molar-refractivity contribution in [1.29, 1.82) is 0 Å². The Hall–Kier alpha value is -1.75. The summed E-state index contributed by atoms with van der Waals surface area (Å²) < 4.78 is 0.542. The van der Waals surface area contributed by atoms with Gasteiger partial charge in [-0.25, -0.2) is 4.98 Å². The van der Waals surface area contributed by atoms with Gasteiger partial charge in [0.25, 0.3) is 5.91 Å². The lowest BCUT2D eigenvalue weighted by Gasteiger charge is -2.14. The van der Waals surface area contributed by atoms with Crippen LogP contribution in [0.2, 0.25) is 0 Å². The Morgan fingerprint density at radius 2 is 2.11 bits per heavy atom. The molecule has 0 fully saturated rings. The van der Waals surface area contributed by atoms with Gasteiger partial charge in [-0.05, 0) is 46.6 Å². The van der Waals surface area contributed by atoms with Crippen LogP contribution in [0.3, 0.4) is 0 Å². The van der Waals surface area contributed by atoms with Crippen LogP contribution in [-0.2, 0) is 0 Å². The van der Waals surface area contributed by atoms with Crippen molar-refractivity contribution in [1.82, 2.24) is 15.3 Å². The van der Waals surface area contributed by atoms with Gasteiger partial charge in [-0.1, -0.05) is 6.07 Å². The number of hydrogen-bond donors (Lipinski definition) is 1. The van der Waals surface area contributed by atoms with Gasteiger partial charge in [-0.2, -0.15) is 0 Å². The van der Waals surface area contributed by atoms with E-state index in [1.165, 1.54) is 0 Å². The predicted molar refractivity (Wildman–Crippen MR) is 72.1 cm³/mol. The van der Waals surface area contributed by atoms with Crippen molar-refractivity contribution in [2.24, 2.45) is 0 Å². The summed E-state index contributed by atoms with van der Waals surface area (Å²) in [7, 11) is 0. The molecule has 0 spiro atoms. The number of nitrogens with zero attached hydrogens (tertiary/aromatic N) is 2. The van der Waals surface area contributed by atoms with E-state index in [9.17, 15) is 4.79 Å². The molecular weight excluding hydrogens is 294 g/mol. The van der Waals surface area contributed by atoms with E-state index >= 15 is 0 Å². The van der Waals surface area contributed by atoms with Gasteiger partial charge in [-0.3, -0.25) is 9.78 Å². The third kappa shape index (κ3) is 2.92. The number of nitrogens with one attached hydrogen (secondary N) is 1. The fourth-order valence-corrected chi connectivity index (χ4v) is 1.98. The molecule has 4 nitrogen and oxygen atoms in total. The van der Waals surface area contributed by atoms with Crippen molar-refractivity contribution >= 4 is 21.8 Å². The van der Waals surface area contributed by atoms with Crippen LogP contribution in [0.15, 0.2) is 47.5 Å². The maximum absolute atomic E-state index is 12.0. The summed E-state index contributed by atoms with van der Waals surface area (Å²) in [5, 5.41) is 2.90. The maximum atomic E-state index is 12.0. The van der Waals surface area contributed by atoms with Crippen LogP contribution in [0.4, 0.5) is 0 Å². The first-order valence-electron chi connectivity index (χ1n) is 5.50. The highest BCUT2D eigenvalue weighted by molar-refractivity contribution is 9.10. The minimum absolute atomic E-state index is 0.0988. The van der Waals surface area contributed by atoms with Gasteiger partial charge < -0.3 is 5.32 Å². The molecular formula is C13H12BrN3O. The first-order valence-corrected chi connectivity index (χ1v) is 6.29. The van der Waals surface area contributed by atoms with Crippen molar-refractivity contribution in [3.8, 4) is 0 Å². The van der Waals surface area contributed by atoms with Gasteiger partial charge in [0.05, 0.1) is 11.6 Å². The van der Waals surface area contributed by atoms with Crippen LogP contribution in [0.1, 0.15) is 28.9 Å². The molecule has 92 valence electrons. The number of aromatic nitrogens is 2. The molecule has 0 aliphatic heterocycles. The summed E-state index contributed by atoms with van der Waals surface area (Å²) >= 11 is 3.26. The molecule has 2 aromatic heterocycles. The Labute approximate surface area is 114 Å². The van der Waals surface area contributed by atoms with Gasteiger partial charge in [0.15, 0.2) is 0 Å². The molecule has 2 aromatic rings. The molecule has 2 rings (SSSR count).